The first-order chi connectivity index (χ1) is 9.60. The lowest BCUT2D eigenvalue weighted by atomic mass is 10.1. The lowest BCUT2D eigenvalue weighted by Crippen LogP contribution is -2.29. The molecule has 6 nitrogen and oxygen atoms in total. The molecule has 106 valence electrons. The number of nitrogens with zero attached hydrogens (tertiary/aromatic N) is 2. The summed E-state index contributed by atoms with van der Waals surface area (Å²) in [4.78, 5) is 16.1. The number of H-pyrrole nitrogens is 1. The van der Waals surface area contributed by atoms with Crippen molar-refractivity contribution < 1.29 is 9.90 Å². The molecule has 0 fully saturated rings. The average molecular weight is 274 g/mol. The maximum Gasteiger partial charge on any atom is 0.251 e. The molecule has 1 heterocycles. The van der Waals surface area contributed by atoms with Crippen molar-refractivity contribution in [1.82, 2.24) is 20.5 Å². The van der Waals surface area contributed by atoms with Crippen LogP contribution in [0.1, 0.15) is 23.1 Å². The smallest absolute Gasteiger partial charge is 0.251 e. The molecule has 1 atom stereocenters. The summed E-state index contributed by atoms with van der Waals surface area (Å²) in [6.07, 6.45) is 0. The number of aliphatic hydroxyl groups is 1. The quantitative estimate of drug-likeness (QED) is 0.762. The van der Waals surface area contributed by atoms with Gasteiger partial charge < -0.3 is 10.4 Å². The van der Waals surface area contributed by atoms with Gasteiger partial charge >= 0.3 is 0 Å². The fraction of sp³-hybridized carbons (Fsp3) is 0.357. The summed E-state index contributed by atoms with van der Waals surface area (Å²) in [7, 11) is 0. The number of hydrogen-bond donors (Lipinski definition) is 3. The Balaban J connectivity index is 2.02. The van der Waals surface area contributed by atoms with Gasteiger partial charge in [0.25, 0.3) is 5.91 Å². The first kappa shape index (κ1) is 14.2. The summed E-state index contributed by atoms with van der Waals surface area (Å²) in [5.41, 5.74) is 1.43. The predicted molar refractivity (Wildman–Crippen MR) is 75.1 cm³/mol. The molecule has 2 rings (SSSR count). The number of aromatic amines is 1. The molecule has 1 aromatic heterocycles. The van der Waals surface area contributed by atoms with Crippen molar-refractivity contribution in [3.63, 3.8) is 0 Å². The van der Waals surface area contributed by atoms with Gasteiger partial charge in [-0.15, -0.1) is 0 Å². The number of aliphatic hydroxyl groups excluding tert-OH is 1. The van der Waals surface area contributed by atoms with Crippen LogP contribution in [0.2, 0.25) is 0 Å². The van der Waals surface area contributed by atoms with E-state index in [1.807, 2.05) is 26.0 Å². The Morgan fingerprint density at radius 2 is 2.10 bits per heavy atom. The number of carbonyl (C=O) groups excluding carboxylic acids is 1. The average Bonchev–Trinajstić information content (AvgIpc) is 2.91. The Morgan fingerprint density at radius 1 is 1.40 bits per heavy atom. The van der Waals surface area contributed by atoms with E-state index < -0.39 is 0 Å². The van der Waals surface area contributed by atoms with Gasteiger partial charge in [-0.25, -0.2) is 4.98 Å². The minimum Gasteiger partial charge on any atom is -0.396 e. The maximum atomic E-state index is 11.9. The standard InChI is InChI=1S/C14H18N4O2/c1-9(8-19)7-15-14(20)12-5-3-11(4-6-12)13-16-10(2)17-18-13/h3-6,9,19H,7-8H2,1-2H3,(H,15,20)(H,16,17,18). The summed E-state index contributed by atoms with van der Waals surface area (Å²) in [6, 6.07) is 7.10. The molecule has 0 saturated heterocycles. The summed E-state index contributed by atoms with van der Waals surface area (Å²) < 4.78 is 0. The zero-order valence-corrected chi connectivity index (χ0v) is 11.6. The number of aryl methyl sites for hydroxylation is 1. The minimum atomic E-state index is -0.150. The summed E-state index contributed by atoms with van der Waals surface area (Å²) in [6.45, 7) is 4.22. The normalized spacial score (nSPS) is 12.2. The zero-order chi connectivity index (χ0) is 14.5. The van der Waals surface area contributed by atoms with Crippen molar-refractivity contribution in [3.8, 4) is 11.4 Å². The number of aromatic nitrogens is 3. The molecule has 0 aliphatic carbocycles. The topological polar surface area (TPSA) is 90.9 Å². The van der Waals surface area contributed by atoms with Crippen molar-refractivity contribution in [2.45, 2.75) is 13.8 Å². The molecular weight excluding hydrogens is 256 g/mol. The van der Waals surface area contributed by atoms with Gasteiger partial charge in [-0.2, -0.15) is 5.10 Å². The third-order valence-electron chi connectivity index (χ3n) is 2.93. The lowest BCUT2D eigenvalue weighted by molar-refractivity contribution is 0.0942. The largest absolute Gasteiger partial charge is 0.396 e. The van der Waals surface area contributed by atoms with Gasteiger partial charge in [0.2, 0.25) is 0 Å². The molecular formula is C14H18N4O2. The molecule has 0 saturated carbocycles. The van der Waals surface area contributed by atoms with Gasteiger partial charge in [-0.05, 0) is 25.0 Å². The van der Waals surface area contributed by atoms with Crippen LogP contribution in [0.25, 0.3) is 11.4 Å². The zero-order valence-electron chi connectivity index (χ0n) is 11.6. The molecule has 0 spiro atoms. The number of nitrogens with one attached hydrogen (secondary N) is 2. The molecule has 20 heavy (non-hydrogen) atoms. The van der Waals surface area contributed by atoms with E-state index in [-0.39, 0.29) is 18.4 Å². The van der Waals surface area contributed by atoms with E-state index in [0.29, 0.717) is 17.9 Å². The Kier molecular flexibility index (Phi) is 4.47. The van der Waals surface area contributed by atoms with E-state index in [1.54, 1.807) is 12.1 Å². The summed E-state index contributed by atoms with van der Waals surface area (Å²) >= 11 is 0. The van der Waals surface area contributed by atoms with Crippen LogP contribution in [-0.4, -0.2) is 39.3 Å². The highest BCUT2D eigenvalue weighted by Gasteiger charge is 2.09. The van der Waals surface area contributed by atoms with E-state index in [0.717, 1.165) is 11.4 Å². The van der Waals surface area contributed by atoms with Gasteiger partial charge in [-0.3, -0.25) is 9.89 Å². The van der Waals surface area contributed by atoms with Crippen molar-refractivity contribution in [2.75, 3.05) is 13.2 Å². The second-order valence-corrected chi connectivity index (χ2v) is 4.82. The van der Waals surface area contributed by atoms with E-state index in [1.165, 1.54) is 0 Å². The van der Waals surface area contributed by atoms with Crippen LogP contribution < -0.4 is 5.32 Å². The van der Waals surface area contributed by atoms with Gasteiger partial charge in [0.05, 0.1) is 0 Å². The number of rotatable bonds is 5. The van der Waals surface area contributed by atoms with E-state index in [4.69, 9.17) is 5.11 Å². The monoisotopic (exact) mass is 274 g/mol. The first-order valence-corrected chi connectivity index (χ1v) is 6.48. The van der Waals surface area contributed by atoms with E-state index in [2.05, 4.69) is 20.5 Å². The summed E-state index contributed by atoms with van der Waals surface area (Å²) in [5, 5.41) is 18.5. The van der Waals surface area contributed by atoms with Crippen molar-refractivity contribution in [3.05, 3.63) is 35.7 Å². The molecule has 0 aliphatic heterocycles. The molecule has 1 amide bonds. The van der Waals surface area contributed by atoms with Crippen molar-refractivity contribution in [2.24, 2.45) is 5.92 Å². The Morgan fingerprint density at radius 3 is 2.65 bits per heavy atom. The van der Waals surface area contributed by atoms with Gasteiger partial charge in [0.1, 0.15) is 5.82 Å². The molecule has 6 heteroatoms. The highest BCUT2D eigenvalue weighted by Crippen LogP contribution is 2.15. The number of hydrogen-bond acceptors (Lipinski definition) is 4. The predicted octanol–water partition coefficient (Wildman–Crippen LogP) is 1.14. The fourth-order valence-electron chi connectivity index (χ4n) is 1.68. The first-order valence-electron chi connectivity index (χ1n) is 6.48. The second-order valence-electron chi connectivity index (χ2n) is 4.82. The SMILES string of the molecule is Cc1nc(-c2ccc(C(=O)NCC(C)CO)cc2)n[nH]1. The van der Waals surface area contributed by atoms with Crippen LogP contribution in [0.5, 0.6) is 0 Å². The fourth-order valence-corrected chi connectivity index (χ4v) is 1.68. The molecule has 3 N–H and O–H groups in total. The van der Waals surface area contributed by atoms with Gasteiger partial charge in [-0.1, -0.05) is 19.1 Å². The third-order valence-corrected chi connectivity index (χ3v) is 2.93. The number of amides is 1. The van der Waals surface area contributed by atoms with Crippen LogP contribution >= 0.6 is 0 Å². The Hall–Kier alpha value is -2.21. The summed E-state index contributed by atoms with van der Waals surface area (Å²) in [5.74, 6) is 1.26. The maximum absolute atomic E-state index is 11.9. The van der Waals surface area contributed by atoms with E-state index >= 15 is 0 Å². The van der Waals surface area contributed by atoms with Crippen LogP contribution in [0, 0.1) is 12.8 Å². The van der Waals surface area contributed by atoms with Crippen molar-refractivity contribution in [1.29, 1.82) is 0 Å². The van der Waals surface area contributed by atoms with Gasteiger partial charge in [0, 0.05) is 24.3 Å². The highest BCUT2D eigenvalue weighted by molar-refractivity contribution is 5.94. The molecule has 0 radical (unpaired) electrons. The Labute approximate surface area is 117 Å². The van der Waals surface area contributed by atoms with E-state index in [9.17, 15) is 4.79 Å². The van der Waals surface area contributed by atoms with Crippen LogP contribution in [0.15, 0.2) is 24.3 Å². The van der Waals surface area contributed by atoms with Crippen molar-refractivity contribution >= 4 is 5.91 Å². The Bertz CT molecular complexity index is 577. The van der Waals surface area contributed by atoms with Crippen LogP contribution in [0.3, 0.4) is 0 Å². The minimum absolute atomic E-state index is 0.0504. The highest BCUT2D eigenvalue weighted by atomic mass is 16.3. The number of benzene rings is 1. The molecule has 1 aromatic carbocycles. The molecule has 0 aliphatic rings. The van der Waals surface area contributed by atoms with Crippen LogP contribution in [0.4, 0.5) is 0 Å². The molecule has 0 bridgehead atoms. The van der Waals surface area contributed by atoms with Gasteiger partial charge in [0.15, 0.2) is 5.82 Å². The molecule has 2 aromatic rings. The molecule has 1 unspecified atom stereocenters. The van der Waals surface area contributed by atoms with Crippen LogP contribution in [-0.2, 0) is 0 Å². The lowest BCUT2D eigenvalue weighted by Gasteiger charge is -2.09. The second kappa shape index (κ2) is 6.29. The number of carbonyl (C=O) groups is 1. The third kappa shape index (κ3) is 3.42.